The van der Waals surface area contributed by atoms with Crippen LogP contribution in [-0.4, -0.2) is 32.8 Å². The number of hydrogen-bond acceptors (Lipinski definition) is 4. The summed E-state index contributed by atoms with van der Waals surface area (Å²) in [5, 5.41) is 3.01. The minimum atomic E-state index is -0.622. The summed E-state index contributed by atoms with van der Waals surface area (Å²) < 4.78 is 10.2. The molecule has 1 aliphatic rings. The van der Waals surface area contributed by atoms with E-state index in [1.54, 1.807) is 7.11 Å². The first-order valence-electron chi connectivity index (χ1n) is 6.87. The largest absolute Gasteiger partial charge is 0.497 e. The first-order valence-corrected chi connectivity index (χ1v) is 6.87. The first kappa shape index (κ1) is 14.8. The molecule has 0 fully saturated rings. The van der Waals surface area contributed by atoms with Crippen molar-refractivity contribution in [2.24, 2.45) is 5.73 Å². The first-order chi connectivity index (χ1) is 9.65. The molecule has 20 heavy (non-hydrogen) atoms. The molecule has 0 heterocycles. The van der Waals surface area contributed by atoms with Crippen LogP contribution in [0, 0.1) is 0 Å². The van der Waals surface area contributed by atoms with E-state index in [1.165, 1.54) is 12.7 Å². The number of amides is 1. The number of nitrogens with two attached hydrogens (primary N) is 1. The Bertz CT molecular complexity index is 476. The van der Waals surface area contributed by atoms with E-state index in [-0.39, 0.29) is 18.6 Å². The van der Waals surface area contributed by atoms with Crippen molar-refractivity contribution in [2.75, 3.05) is 20.8 Å². The lowest BCUT2D eigenvalue weighted by Crippen LogP contribution is -2.45. The molecule has 2 unspecified atom stereocenters. The zero-order chi connectivity index (χ0) is 14.5. The van der Waals surface area contributed by atoms with E-state index in [0.29, 0.717) is 0 Å². The fraction of sp³-hybridized carbons (Fsp3) is 0.533. The Balaban J connectivity index is 2.10. The van der Waals surface area contributed by atoms with Gasteiger partial charge in [-0.25, -0.2) is 0 Å². The number of ether oxygens (including phenoxy) is 2. The van der Waals surface area contributed by atoms with Crippen LogP contribution in [0.1, 0.15) is 30.0 Å². The second-order valence-corrected chi connectivity index (χ2v) is 5.08. The number of aryl methyl sites for hydroxylation is 1. The molecule has 0 aliphatic heterocycles. The summed E-state index contributed by atoms with van der Waals surface area (Å²) in [6, 6.07) is 5.41. The van der Waals surface area contributed by atoms with E-state index in [9.17, 15) is 4.79 Å². The summed E-state index contributed by atoms with van der Waals surface area (Å²) in [6.07, 6.45) is 3.00. The molecule has 0 spiro atoms. The molecular weight excluding hydrogens is 256 g/mol. The van der Waals surface area contributed by atoms with Gasteiger partial charge in [0.05, 0.1) is 19.8 Å². The lowest BCUT2D eigenvalue weighted by Gasteiger charge is -2.27. The molecule has 0 saturated carbocycles. The van der Waals surface area contributed by atoms with Crippen molar-refractivity contribution < 1.29 is 14.3 Å². The maximum Gasteiger partial charge on any atom is 0.239 e. The van der Waals surface area contributed by atoms with Gasteiger partial charge in [-0.3, -0.25) is 4.79 Å². The van der Waals surface area contributed by atoms with Crippen LogP contribution in [0.5, 0.6) is 5.75 Å². The monoisotopic (exact) mass is 278 g/mol. The third-order valence-corrected chi connectivity index (χ3v) is 3.66. The molecule has 0 bridgehead atoms. The Morgan fingerprint density at radius 3 is 3.00 bits per heavy atom. The van der Waals surface area contributed by atoms with Crippen LogP contribution in [0.3, 0.4) is 0 Å². The molecule has 0 saturated heterocycles. The molecule has 0 radical (unpaired) electrons. The second-order valence-electron chi connectivity index (χ2n) is 5.08. The number of fused-ring (bicyclic) bond motifs is 1. The Kier molecular flexibility index (Phi) is 4.98. The van der Waals surface area contributed by atoms with Crippen molar-refractivity contribution in [3.8, 4) is 5.75 Å². The number of carbonyl (C=O) groups excluding carboxylic acids is 1. The zero-order valence-corrected chi connectivity index (χ0v) is 12.0. The molecule has 0 aromatic heterocycles. The Labute approximate surface area is 119 Å². The number of methoxy groups -OCH3 is 2. The van der Waals surface area contributed by atoms with Crippen LogP contribution in [0.15, 0.2) is 18.2 Å². The molecule has 1 aromatic carbocycles. The van der Waals surface area contributed by atoms with Crippen LogP contribution in [-0.2, 0) is 16.0 Å². The van der Waals surface area contributed by atoms with E-state index >= 15 is 0 Å². The predicted octanol–water partition coefficient (Wildman–Crippen LogP) is 1.16. The fourth-order valence-electron chi connectivity index (χ4n) is 2.60. The van der Waals surface area contributed by atoms with Crippen molar-refractivity contribution in [1.82, 2.24) is 5.32 Å². The van der Waals surface area contributed by atoms with Crippen LogP contribution < -0.4 is 15.8 Å². The molecule has 110 valence electrons. The summed E-state index contributed by atoms with van der Waals surface area (Å²) in [5.41, 5.74) is 8.15. The molecule has 2 atom stereocenters. The summed E-state index contributed by atoms with van der Waals surface area (Å²) in [5.74, 6) is 0.687. The van der Waals surface area contributed by atoms with Gasteiger partial charge in [0.2, 0.25) is 5.91 Å². The van der Waals surface area contributed by atoms with E-state index in [0.717, 1.165) is 30.6 Å². The SMILES string of the molecule is COCC(N)C(=O)NC1CCCc2cc(OC)ccc21. The Morgan fingerprint density at radius 1 is 1.50 bits per heavy atom. The van der Waals surface area contributed by atoms with E-state index in [2.05, 4.69) is 5.32 Å². The average Bonchev–Trinajstić information content (AvgIpc) is 2.47. The minimum absolute atomic E-state index is 0.0278. The van der Waals surface area contributed by atoms with Crippen molar-refractivity contribution in [3.63, 3.8) is 0 Å². The normalized spacial score (nSPS) is 19.1. The van der Waals surface area contributed by atoms with Gasteiger partial charge in [-0.15, -0.1) is 0 Å². The van der Waals surface area contributed by atoms with Gasteiger partial charge in [0, 0.05) is 7.11 Å². The molecule has 5 heteroatoms. The minimum Gasteiger partial charge on any atom is -0.497 e. The topological polar surface area (TPSA) is 73.6 Å². The highest BCUT2D eigenvalue weighted by atomic mass is 16.5. The van der Waals surface area contributed by atoms with E-state index in [1.807, 2.05) is 18.2 Å². The maximum absolute atomic E-state index is 12.0. The summed E-state index contributed by atoms with van der Waals surface area (Å²) in [7, 11) is 3.20. The van der Waals surface area contributed by atoms with Gasteiger partial charge in [-0.05, 0) is 42.5 Å². The lowest BCUT2D eigenvalue weighted by atomic mass is 9.87. The number of rotatable bonds is 5. The molecule has 5 nitrogen and oxygen atoms in total. The van der Waals surface area contributed by atoms with Crippen molar-refractivity contribution in [2.45, 2.75) is 31.3 Å². The van der Waals surface area contributed by atoms with Crippen molar-refractivity contribution in [1.29, 1.82) is 0 Å². The summed E-state index contributed by atoms with van der Waals surface area (Å²) in [6.45, 7) is 0.230. The van der Waals surface area contributed by atoms with Crippen molar-refractivity contribution >= 4 is 5.91 Å². The highest BCUT2D eigenvalue weighted by molar-refractivity contribution is 5.82. The Hall–Kier alpha value is -1.59. The summed E-state index contributed by atoms with van der Waals surface area (Å²) in [4.78, 5) is 12.0. The van der Waals surface area contributed by atoms with Gasteiger partial charge < -0.3 is 20.5 Å². The van der Waals surface area contributed by atoms with Gasteiger partial charge in [-0.2, -0.15) is 0 Å². The average molecular weight is 278 g/mol. The van der Waals surface area contributed by atoms with Gasteiger partial charge in [0.15, 0.2) is 0 Å². The maximum atomic E-state index is 12.0. The van der Waals surface area contributed by atoms with Crippen LogP contribution >= 0.6 is 0 Å². The van der Waals surface area contributed by atoms with Gasteiger partial charge in [0.25, 0.3) is 0 Å². The molecule has 2 rings (SSSR count). The van der Waals surface area contributed by atoms with E-state index in [4.69, 9.17) is 15.2 Å². The Morgan fingerprint density at radius 2 is 2.30 bits per heavy atom. The zero-order valence-electron chi connectivity index (χ0n) is 12.0. The van der Waals surface area contributed by atoms with Crippen LogP contribution in [0.25, 0.3) is 0 Å². The standard InChI is InChI=1S/C15H22N2O3/c1-19-9-13(16)15(18)17-14-5-3-4-10-8-11(20-2)6-7-12(10)14/h6-8,13-14H,3-5,9,16H2,1-2H3,(H,17,18). The van der Waals surface area contributed by atoms with Crippen molar-refractivity contribution in [3.05, 3.63) is 29.3 Å². The highest BCUT2D eigenvalue weighted by Crippen LogP contribution is 2.32. The lowest BCUT2D eigenvalue weighted by molar-refractivity contribution is -0.124. The quantitative estimate of drug-likeness (QED) is 0.847. The fourth-order valence-corrected chi connectivity index (χ4v) is 2.60. The van der Waals surface area contributed by atoms with Crippen LogP contribution in [0.4, 0.5) is 0 Å². The third kappa shape index (κ3) is 3.29. The molecule has 3 N–H and O–H groups in total. The smallest absolute Gasteiger partial charge is 0.239 e. The number of hydrogen-bond donors (Lipinski definition) is 2. The number of nitrogens with one attached hydrogen (secondary N) is 1. The third-order valence-electron chi connectivity index (χ3n) is 3.66. The number of carbonyl (C=O) groups is 1. The van der Waals surface area contributed by atoms with Gasteiger partial charge in [0.1, 0.15) is 11.8 Å². The molecule has 1 aliphatic carbocycles. The van der Waals surface area contributed by atoms with E-state index < -0.39 is 6.04 Å². The number of benzene rings is 1. The molecule has 1 amide bonds. The molecular formula is C15H22N2O3. The second kappa shape index (κ2) is 6.72. The highest BCUT2D eigenvalue weighted by Gasteiger charge is 2.24. The van der Waals surface area contributed by atoms with Gasteiger partial charge >= 0.3 is 0 Å². The summed E-state index contributed by atoms with van der Waals surface area (Å²) >= 11 is 0. The molecule has 1 aromatic rings. The van der Waals surface area contributed by atoms with Crippen LogP contribution in [0.2, 0.25) is 0 Å². The van der Waals surface area contributed by atoms with Gasteiger partial charge in [-0.1, -0.05) is 6.07 Å². The predicted molar refractivity (Wildman–Crippen MR) is 76.7 cm³/mol.